The van der Waals surface area contributed by atoms with Gasteiger partial charge in [0.1, 0.15) is 0 Å². The van der Waals surface area contributed by atoms with Crippen molar-refractivity contribution in [1.29, 1.82) is 0 Å². The van der Waals surface area contributed by atoms with Gasteiger partial charge < -0.3 is 10.5 Å². The predicted molar refractivity (Wildman–Crippen MR) is 64.9 cm³/mol. The third-order valence-electron chi connectivity index (χ3n) is 3.38. The number of nitrogens with two attached hydrogens (primary N) is 1. The lowest BCUT2D eigenvalue weighted by Gasteiger charge is -2.26. The zero-order chi connectivity index (χ0) is 11.1. The van der Waals surface area contributed by atoms with Gasteiger partial charge in [-0.15, -0.1) is 0 Å². The van der Waals surface area contributed by atoms with Gasteiger partial charge in [-0.3, -0.25) is 0 Å². The fourth-order valence-electron chi connectivity index (χ4n) is 2.36. The standard InChI is InChI=1S/C13H27NO/c1-11(2)15-10-13(14)12-8-6-4-3-5-7-9-12/h11-13H,3-10,14H2,1-2H3. The quantitative estimate of drug-likeness (QED) is 0.779. The molecule has 0 heterocycles. The fourth-order valence-corrected chi connectivity index (χ4v) is 2.36. The van der Waals surface area contributed by atoms with Gasteiger partial charge in [-0.05, 0) is 32.6 Å². The molecule has 0 bridgehead atoms. The fraction of sp³-hybridized carbons (Fsp3) is 1.00. The SMILES string of the molecule is CC(C)OCC(N)C1CCCCCCC1. The molecule has 1 aliphatic rings. The number of ether oxygens (including phenoxy) is 1. The Labute approximate surface area is 94.6 Å². The van der Waals surface area contributed by atoms with Crippen molar-refractivity contribution < 1.29 is 4.74 Å². The van der Waals surface area contributed by atoms with Gasteiger partial charge in [-0.25, -0.2) is 0 Å². The Morgan fingerprint density at radius 2 is 1.60 bits per heavy atom. The van der Waals surface area contributed by atoms with Crippen LogP contribution in [0.2, 0.25) is 0 Å². The molecule has 90 valence electrons. The molecule has 0 aliphatic heterocycles. The zero-order valence-electron chi connectivity index (χ0n) is 10.4. The Kier molecular flexibility index (Phi) is 6.26. The van der Waals surface area contributed by atoms with E-state index < -0.39 is 0 Å². The van der Waals surface area contributed by atoms with Crippen molar-refractivity contribution in [3.05, 3.63) is 0 Å². The molecule has 0 radical (unpaired) electrons. The van der Waals surface area contributed by atoms with Gasteiger partial charge in [-0.1, -0.05) is 32.1 Å². The molecule has 1 rings (SSSR count). The van der Waals surface area contributed by atoms with E-state index in [0.717, 1.165) is 6.61 Å². The Balaban J connectivity index is 2.25. The van der Waals surface area contributed by atoms with Crippen LogP contribution in [0, 0.1) is 5.92 Å². The number of hydrogen-bond donors (Lipinski definition) is 1. The summed E-state index contributed by atoms with van der Waals surface area (Å²) < 4.78 is 5.60. The Morgan fingerprint density at radius 3 is 2.13 bits per heavy atom. The second-order valence-electron chi connectivity index (χ2n) is 5.15. The molecule has 0 saturated heterocycles. The first-order chi connectivity index (χ1) is 7.20. The average molecular weight is 213 g/mol. The molecular weight excluding hydrogens is 186 g/mol. The van der Waals surface area contributed by atoms with Crippen molar-refractivity contribution >= 4 is 0 Å². The van der Waals surface area contributed by atoms with Crippen LogP contribution in [-0.2, 0) is 4.74 Å². The number of rotatable bonds is 4. The summed E-state index contributed by atoms with van der Waals surface area (Å²) in [5, 5.41) is 0. The second-order valence-corrected chi connectivity index (χ2v) is 5.15. The van der Waals surface area contributed by atoms with Crippen LogP contribution in [-0.4, -0.2) is 18.8 Å². The molecule has 1 fully saturated rings. The van der Waals surface area contributed by atoms with Crippen molar-refractivity contribution in [3.8, 4) is 0 Å². The molecule has 0 spiro atoms. The minimum atomic E-state index is 0.255. The highest BCUT2D eigenvalue weighted by Gasteiger charge is 2.19. The smallest absolute Gasteiger partial charge is 0.0623 e. The molecule has 0 amide bonds. The lowest BCUT2D eigenvalue weighted by molar-refractivity contribution is 0.0540. The molecule has 2 heteroatoms. The van der Waals surface area contributed by atoms with E-state index in [-0.39, 0.29) is 6.04 Å². The van der Waals surface area contributed by atoms with Gasteiger partial charge >= 0.3 is 0 Å². The Bertz CT molecular complexity index is 151. The van der Waals surface area contributed by atoms with Gasteiger partial charge in [0.05, 0.1) is 12.7 Å². The van der Waals surface area contributed by atoms with Crippen LogP contribution in [0.3, 0.4) is 0 Å². The second kappa shape index (κ2) is 7.24. The third kappa shape index (κ3) is 5.53. The summed E-state index contributed by atoms with van der Waals surface area (Å²) in [6.07, 6.45) is 9.86. The highest BCUT2D eigenvalue weighted by atomic mass is 16.5. The molecule has 2 N–H and O–H groups in total. The van der Waals surface area contributed by atoms with E-state index in [2.05, 4.69) is 13.8 Å². The zero-order valence-corrected chi connectivity index (χ0v) is 10.4. The van der Waals surface area contributed by atoms with E-state index in [0.29, 0.717) is 12.0 Å². The van der Waals surface area contributed by atoms with Crippen LogP contribution in [0.1, 0.15) is 58.8 Å². The molecular formula is C13H27NO. The predicted octanol–water partition coefficient (Wildman–Crippen LogP) is 3.10. The van der Waals surface area contributed by atoms with E-state index in [1.54, 1.807) is 0 Å². The average Bonchev–Trinajstić information content (AvgIpc) is 2.13. The van der Waals surface area contributed by atoms with Crippen molar-refractivity contribution in [2.24, 2.45) is 11.7 Å². The first-order valence-electron chi connectivity index (χ1n) is 6.57. The molecule has 1 unspecified atom stereocenters. The van der Waals surface area contributed by atoms with Crippen molar-refractivity contribution in [3.63, 3.8) is 0 Å². The summed E-state index contributed by atoms with van der Waals surface area (Å²) in [5.41, 5.74) is 6.19. The third-order valence-corrected chi connectivity index (χ3v) is 3.38. The van der Waals surface area contributed by atoms with Gasteiger partial charge in [0.2, 0.25) is 0 Å². The summed E-state index contributed by atoms with van der Waals surface area (Å²) in [7, 11) is 0. The van der Waals surface area contributed by atoms with E-state index >= 15 is 0 Å². The molecule has 1 aliphatic carbocycles. The Morgan fingerprint density at radius 1 is 1.07 bits per heavy atom. The van der Waals surface area contributed by atoms with Crippen LogP contribution in [0.5, 0.6) is 0 Å². The summed E-state index contributed by atoms with van der Waals surface area (Å²) in [5.74, 6) is 0.698. The largest absolute Gasteiger partial charge is 0.377 e. The van der Waals surface area contributed by atoms with Gasteiger partial charge in [0, 0.05) is 6.04 Å². The number of hydrogen-bond acceptors (Lipinski definition) is 2. The molecule has 0 aromatic heterocycles. The maximum atomic E-state index is 6.19. The maximum Gasteiger partial charge on any atom is 0.0623 e. The molecule has 1 saturated carbocycles. The molecule has 0 aromatic rings. The summed E-state index contributed by atoms with van der Waals surface area (Å²) in [6.45, 7) is 4.89. The summed E-state index contributed by atoms with van der Waals surface area (Å²) in [4.78, 5) is 0. The maximum absolute atomic E-state index is 6.19. The normalized spacial score (nSPS) is 22.4. The Hall–Kier alpha value is -0.0800. The topological polar surface area (TPSA) is 35.2 Å². The summed E-state index contributed by atoms with van der Waals surface area (Å²) >= 11 is 0. The summed E-state index contributed by atoms with van der Waals surface area (Å²) in [6, 6.07) is 0.255. The van der Waals surface area contributed by atoms with Crippen LogP contribution in [0.15, 0.2) is 0 Å². The van der Waals surface area contributed by atoms with E-state index in [1.807, 2.05) is 0 Å². The molecule has 0 aromatic carbocycles. The highest BCUT2D eigenvalue weighted by Crippen LogP contribution is 2.24. The van der Waals surface area contributed by atoms with Gasteiger partial charge in [0.15, 0.2) is 0 Å². The van der Waals surface area contributed by atoms with Crippen LogP contribution in [0.4, 0.5) is 0 Å². The van der Waals surface area contributed by atoms with Crippen molar-refractivity contribution in [2.75, 3.05) is 6.61 Å². The monoisotopic (exact) mass is 213 g/mol. The van der Waals surface area contributed by atoms with E-state index in [1.165, 1.54) is 44.9 Å². The van der Waals surface area contributed by atoms with Crippen LogP contribution >= 0.6 is 0 Å². The van der Waals surface area contributed by atoms with E-state index in [4.69, 9.17) is 10.5 Å². The van der Waals surface area contributed by atoms with Gasteiger partial charge in [-0.2, -0.15) is 0 Å². The van der Waals surface area contributed by atoms with Crippen molar-refractivity contribution in [2.45, 2.75) is 70.9 Å². The minimum absolute atomic E-state index is 0.255. The van der Waals surface area contributed by atoms with Crippen LogP contribution in [0.25, 0.3) is 0 Å². The lowest BCUT2D eigenvalue weighted by Crippen LogP contribution is -2.36. The molecule has 1 atom stereocenters. The van der Waals surface area contributed by atoms with Gasteiger partial charge in [0.25, 0.3) is 0 Å². The van der Waals surface area contributed by atoms with Crippen LogP contribution < -0.4 is 5.73 Å². The molecule has 2 nitrogen and oxygen atoms in total. The highest BCUT2D eigenvalue weighted by molar-refractivity contribution is 4.74. The first kappa shape index (κ1) is 13.0. The first-order valence-corrected chi connectivity index (χ1v) is 6.57. The molecule has 15 heavy (non-hydrogen) atoms. The lowest BCUT2D eigenvalue weighted by atomic mass is 9.86. The van der Waals surface area contributed by atoms with E-state index in [9.17, 15) is 0 Å². The minimum Gasteiger partial charge on any atom is -0.377 e. The van der Waals surface area contributed by atoms with Crippen molar-refractivity contribution in [1.82, 2.24) is 0 Å².